The second-order valence-electron chi connectivity index (χ2n) is 2.04. The van der Waals surface area contributed by atoms with Crippen molar-refractivity contribution >= 4 is 17.9 Å². The van der Waals surface area contributed by atoms with Crippen LogP contribution in [0.1, 0.15) is 0 Å². The maximum absolute atomic E-state index is 10.8. The summed E-state index contributed by atoms with van der Waals surface area (Å²) >= 11 is 0. The quantitative estimate of drug-likeness (QED) is 0.332. The van der Waals surface area contributed by atoms with E-state index in [1.807, 2.05) is 5.32 Å². The smallest absolute Gasteiger partial charge is 0.361 e. The molecule has 1 aliphatic heterocycles. The number of amides is 2. The fourth-order valence-electron chi connectivity index (χ4n) is 0.732. The van der Waals surface area contributed by atoms with Gasteiger partial charge in [0.15, 0.2) is 5.94 Å². The Morgan fingerprint density at radius 1 is 1.62 bits per heavy atom. The number of hydrogen-bond donors (Lipinski definition) is 3. The molecular weight excluding hydrogens is 178 g/mol. The fourth-order valence-corrected chi connectivity index (χ4v) is 0.732. The summed E-state index contributed by atoms with van der Waals surface area (Å²) in [5.74, 6) is 5.01. The van der Waals surface area contributed by atoms with Crippen LogP contribution in [0.5, 0.6) is 0 Å². The molecule has 0 spiro atoms. The molecule has 0 unspecified atom stereocenters. The summed E-state index contributed by atoms with van der Waals surface area (Å²) < 4.78 is 0. The lowest BCUT2D eigenvalue weighted by Crippen LogP contribution is -2.39. The fraction of sp³-hybridized carbons (Fsp3) is 0. The van der Waals surface area contributed by atoms with Crippen molar-refractivity contribution in [1.29, 1.82) is 0 Å². The number of rotatable bonds is 1. The molecule has 0 aliphatic carbocycles. The van der Waals surface area contributed by atoms with Crippen LogP contribution in [0.15, 0.2) is 17.5 Å². The average Bonchev–Trinajstić information content (AvgIpc) is 2.16. The van der Waals surface area contributed by atoms with Crippen molar-refractivity contribution < 1.29 is 19.2 Å². The van der Waals surface area contributed by atoms with Crippen LogP contribution in [0.2, 0.25) is 0 Å². The summed E-state index contributed by atoms with van der Waals surface area (Å²) in [5, 5.41) is 4.19. The van der Waals surface area contributed by atoms with Crippen LogP contribution in [0.25, 0.3) is 0 Å². The molecule has 7 heteroatoms. The zero-order chi connectivity index (χ0) is 9.84. The van der Waals surface area contributed by atoms with Gasteiger partial charge in [-0.3, -0.25) is 5.32 Å². The monoisotopic (exact) mass is 183 g/mol. The first kappa shape index (κ1) is 8.98. The van der Waals surface area contributed by atoms with Gasteiger partial charge >= 0.3 is 12.0 Å². The first-order chi connectivity index (χ1) is 6.19. The van der Waals surface area contributed by atoms with Gasteiger partial charge in [-0.1, -0.05) is 0 Å². The molecule has 0 radical (unpaired) electrons. The Balaban J connectivity index is 3.01. The predicted octanol–water partition coefficient (Wildman–Crippen LogP) is -1.68. The third kappa shape index (κ3) is 1.73. The Hall–Kier alpha value is -2.11. The van der Waals surface area contributed by atoms with Gasteiger partial charge in [-0.15, -0.1) is 0 Å². The van der Waals surface area contributed by atoms with Crippen molar-refractivity contribution in [2.75, 3.05) is 0 Å². The predicted molar refractivity (Wildman–Crippen MR) is 39.2 cm³/mol. The summed E-state index contributed by atoms with van der Waals surface area (Å²) in [7, 11) is 0. The molecule has 0 saturated heterocycles. The normalized spacial score (nSPS) is 15.0. The molecule has 0 aromatic heterocycles. The molecular formula is C6H5N3O4. The van der Waals surface area contributed by atoms with Gasteiger partial charge in [0.1, 0.15) is 11.3 Å². The van der Waals surface area contributed by atoms with Crippen molar-refractivity contribution in [2.24, 2.45) is 5.90 Å². The first-order valence-electron chi connectivity index (χ1n) is 3.13. The van der Waals surface area contributed by atoms with E-state index in [1.165, 1.54) is 5.94 Å². The van der Waals surface area contributed by atoms with Crippen LogP contribution in [-0.2, 0) is 14.4 Å². The van der Waals surface area contributed by atoms with Crippen LogP contribution in [0.3, 0.4) is 0 Å². The standard InChI is InChI=1S/C6H5N3O4/c7-13-5(11)3-1-8-6(12)9-4(3)2-10/h1H,7H2,(H2,8,9,12). The molecule has 2 amide bonds. The summed E-state index contributed by atoms with van der Waals surface area (Å²) in [6, 6.07) is -0.632. The van der Waals surface area contributed by atoms with Gasteiger partial charge in [-0.2, -0.15) is 5.90 Å². The number of carbonyl (C=O) groups excluding carboxylic acids is 3. The molecule has 0 aromatic rings. The highest BCUT2D eigenvalue weighted by Gasteiger charge is 2.22. The SMILES string of the molecule is NOC(=O)C1=CNC(=O)NC1=C=O. The van der Waals surface area contributed by atoms with Crippen molar-refractivity contribution in [3.8, 4) is 0 Å². The van der Waals surface area contributed by atoms with Crippen molar-refractivity contribution in [3.63, 3.8) is 0 Å². The molecule has 0 aromatic carbocycles. The van der Waals surface area contributed by atoms with Gasteiger partial charge in [0.2, 0.25) is 0 Å². The minimum atomic E-state index is -0.939. The van der Waals surface area contributed by atoms with Gasteiger partial charge in [0, 0.05) is 6.20 Å². The molecule has 0 fully saturated rings. The number of nitrogens with one attached hydrogen (secondary N) is 2. The summed E-state index contributed by atoms with van der Waals surface area (Å²) in [4.78, 5) is 35.6. The van der Waals surface area contributed by atoms with Gasteiger partial charge in [-0.25, -0.2) is 14.4 Å². The summed E-state index contributed by atoms with van der Waals surface area (Å²) in [5.41, 5.74) is -0.490. The third-order valence-corrected chi connectivity index (χ3v) is 1.28. The molecule has 13 heavy (non-hydrogen) atoms. The average molecular weight is 183 g/mol. The highest BCUT2D eigenvalue weighted by Crippen LogP contribution is 2.07. The molecule has 0 atom stereocenters. The Morgan fingerprint density at radius 2 is 2.31 bits per heavy atom. The molecule has 1 heterocycles. The van der Waals surface area contributed by atoms with Crippen molar-refractivity contribution in [3.05, 3.63) is 17.5 Å². The molecule has 4 N–H and O–H groups in total. The van der Waals surface area contributed by atoms with E-state index in [0.29, 0.717) is 0 Å². The van der Waals surface area contributed by atoms with E-state index in [0.717, 1.165) is 6.20 Å². The van der Waals surface area contributed by atoms with Crippen LogP contribution in [0, 0.1) is 0 Å². The lowest BCUT2D eigenvalue weighted by Gasteiger charge is -2.13. The second kappa shape index (κ2) is 3.53. The van der Waals surface area contributed by atoms with Crippen LogP contribution >= 0.6 is 0 Å². The summed E-state index contributed by atoms with van der Waals surface area (Å²) in [6.07, 6.45) is 1.01. The van der Waals surface area contributed by atoms with Crippen LogP contribution < -0.4 is 16.5 Å². The van der Waals surface area contributed by atoms with Gasteiger partial charge in [0.25, 0.3) is 0 Å². The number of hydrogen-bond acceptors (Lipinski definition) is 5. The Morgan fingerprint density at radius 3 is 2.85 bits per heavy atom. The highest BCUT2D eigenvalue weighted by molar-refractivity contribution is 6.00. The molecule has 7 nitrogen and oxygen atoms in total. The van der Waals surface area contributed by atoms with Crippen molar-refractivity contribution in [2.45, 2.75) is 0 Å². The van der Waals surface area contributed by atoms with E-state index in [4.69, 9.17) is 0 Å². The Bertz CT molecular complexity index is 340. The Kier molecular flexibility index (Phi) is 2.44. The number of urea groups is 1. The zero-order valence-electron chi connectivity index (χ0n) is 6.29. The topological polar surface area (TPSA) is 111 Å². The van der Waals surface area contributed by atoms with Gasteiger partial charge in [-0.05, 0) is 0 Å². The van der Waals surface area contributed by atoms with Crippen LogP contribution in [-0.4, -0.2) is 17.9 Å². The van der Waals surface area contributed by atoms with E-state index in [9.17, 15) is 14.4 Å². The van der Waals surface area contributed by atoms with E-state index in [2.05, 4.69) is 16.1 Å². The third-order valence-electron chi connectivity index (χ3n) is 1.28. The number of nitrogens with two attached hydrogens (primary N) is 1. The lowest BCUT2D eigenvalue weighted by molar-refractivity contribution is -0.139. The highest BCUT2D eigenvalue weighted by atomic mass is 16.7. The van der Waals surface area contributed by atoms with Crippen molar-refractivity contribution in [1.82, 2.24) is 10.6 Å². The first-order valence-corrected chi connectivity index (χ1v) is 3.13. The molecule has 68 valence electrons. The van der Waals surface area contributed by atoms with E-state index in [-0.39, 0.29) is 11.3 Å². The lowest BCUT2D eigenvalue weighted by atomic mass is 10.2. The van der Waals surface area contributed by atoms with E-state index >= 15 is 0 Å². The number of carbonyl (C=O) groups is 2. The zero-order valence-corrected chi connectivity index (χ0v) is 6.29. The maximum atomic E-state index is 10.8. The van der Waals surface area contributed by atoms with Gasteiger partial charge < -0.3 is 10.2 Å². The van der Waals surface area contributed by atoms with Gasteiger partial charge in [0.05, 0.1) is 0 Å². The minimum absolute atomic E-state index is 0.183. The molecule has 1 rings (SSSR count). The molecule has 0 bridgehead atoms. The minimum Gasteiger partial charge on any atom is -0.370 e. The second-order valence-corrected chi connectivity index (χ2v) is 2.04. The Labute approximate surface area is 72.2 Å². The molecule has 0 saturated carbocycles. The van der Waals surface area contributed by atoms with E-state index < -0.39 is 12.0 Å². The van der Waals surface area contributed by atoms with Crippen LogP contribution in [0.4, 0.5) is 4.79 Å². The largest absolute Gasteiger partial charge is 0.370 e. The van der Waals surface area contributed by atoms with E-state index in [1.54, 1.807) is 0 Å². The summed E-state index contributed by atoms with van der Waals surface area (Å²) in [6.45, 7) is 0. The molecule has 1 aliphatic rings. The maximum Gasteiger partial charge on any atom is 0.361 e.